The normalized spacial score (nSPS) is 13.4. The third-order valence-corrected chi connectivity index (χ3v) is 5.95. The van der Waals surface area contributed by atoms with Crippen LogP contribution in [0.4, 0.5) is 4.39 Å². The molecule has 2 aromatic heterocycles. The van der Waals surface area contributed by atoms with Crippen LogP contribution in [0.25, 0.3) is 16.9 Å². The minimum absolute atomic E-state index is 0.135. The average Bonchev–Trinajstić information content (AvgIpc) is 3.21. The Hall–Kier alpha value is -3.45. The summed E-state index contributed by atoms with van der Waals surface area (Å²) in [6.45, 7) is 0.574. The zero-order valence-electron chi connectivity index (χ0n) is 16.4. The molecule has 1 aliphatic heterocycles. The van der Waals surface area contributed by atoms with Crippen LogP contribution in [0.2, 0.25) is 5.02 Å². The lowest BCUT2D eigenvalue weighted by Crippen LogP contribution is -2.40. The monoisotopic (exact) mass is 436 g/mol. The number of carbonyl (C=O) groups excluding carboxylic acids is 1. The van der Waals surface area contributed by atoms with Crippen LogP contribution in [0.15, 0.2) is 59.4 Å². The molecule has 0 atom stereocenters. The van der Waals surface area contributed by atoms with Crippen LogP contribution in [0.1, 0.15) is 16.8 Å². The van der Waals surface area contributed by atoms with Gasteiger partial charge in [0.1, 0.15) is 5.82 Å². The molecule has 4 aromatic rings. The number of hydrogen-bond donors (Lipinski definition) is 1. The van der Waals surface area contributed by atoms with Crippen LogP contribution in [0.5, 0.6) is 0 Å². The molecule has 5 rings (SSSR count). The molecular formula is C23H18ClFN4O2. The lowest BCUT2D eigenvalue weighted by molar-refractivity contribution is -0.131. The number of benzene rings is 2. The maximum Gasteiger partial charge on any atom is 0.276 e. The van der Waals surface area contributed by atoms with Gasteiger partial charge in [0.15, 0.2) is 5.65 Å². The highest BCUT2D eigenvalue weighted by atomic mass is 35.5. The average molecular weight is 437 g/mol. The van der Waals surface area contributed by atoms with Crippen LogP contribution in [0, 0.1) is 5.82 Å². The Balaban J connectivity index is 1.45. The van der Waals surface area contributed by atoms with Crippen molar-refractivity contribution < 1.29 is 9.18 Å². The molecule has 0 radical (unpaired) electrons. The number of carbonyl (C=O) groups is 1. The van der Waals surface area contributed by atoms with E-state index < -0.39 is 5.82 Å². The van der Waals surface area contributed by atoms with Crippen molar-refractivity contribution in [1.29, 1.82) is 0 Å². The van der Waals surface area contributed by atoms with Gasteiger partial charge in [0.05, 0.1) is 24.4 Å². The van der Waals surface area contributed by atoms with Gasteiger partial charge < -0.3 is 4.90 Å². The molecular weight excluding hydrogens is 419 g/mol. The van der Waals surface area contributed by atoms with Gasteiger partial charge in [0.2, 0.25) is 5.91 Å². The minimum atomic E-state index is -0.503. The molecule has 0 bridgehead atoms. The lowest BCUT2D eigenvalue weighted by Gasteiger charge is -2.28. The zero-order chi connectivity index (χ0) is 21.5. The summed E-state index contributed by atoms with van der Waals surface area (Å²) in [5.41, 5.74) is 3.41. The van der Waals surface area contributed by atoms with Crippen LogP contribution >= 0.6 is 11.6 Å². The molecule has 2 aromatic carbocycles. The van der Waals surface area contributed by atoms with Gasteiger partial charge in [-0.1, -0.05) is 48.0 Å². The van der Waals surface area contributed by atoms with E-state index in [0.29, 0.717) is 29.9 Å². The predicted octanol–water partition coefficient (Wildman–Crippen LogP) is 3.61. The van der Waals surface area contributed by atoms with Crippen molar-refractivity contribution in [1.82, 2.24) is 19.5 Å². The molecule has 8 heteroatoms. The van der Waals surface area contributed by atoms with Gasteiger partial charge in [-0.2, -0.15) is 0 Å². The topological polar surface area (TPSA) is 70.5 Å². The summed E-state index contributed by atoms with van der Waals surface area (Å²) >= 11 is 6.06. The molecule has 3 heterocycles. The second-order valence-electron chi connectivity index (χ2n) is 7.51. The molecule has 6 nitrogen and oxygen atoms in total. The Morgan fingerprint density at radius 2 is 1.97 bits per heavy atom. The minimum Gasteiger partial charge on any atom is -0.336 e. The molecule has 0 unspecified atom stereocenters. The van der Waals surface area contributed by atoms with Gasteiger partial charge in [-0.3, -0.25) is 14.7 Å². The second-order valence-corrected chi connectivity index (χ2v) is 7.92. The Morgan fingerprint density at radius 3 is 2.74 bits per heavy atom. The van der Waals surface area contributed by atoms with Crippen LogP contribution in [-0.2, 0) is 24.2 Å². The van der Waals surface area contributed by atoms with Gasteiger partial charge >= 0.3 is 0 Å². The van der Waals surface area contributed by atoms with Crippen LogP contribution in [0.3, 0.4) is 0 Å². The predicted molar refractivity (Wildman–Crippen MR) is 115 cm³/mol. The van der Waals surface area contributed by atoms with Gasteiger partial charge in [-0.15, -0.1) is 0 Å². The smallest absolute Gasteiger partial charge is 0.276 e. The number of nitrogens with one attached hydrogen (secondary N) is 1. The van der Waals surface area contributed by atoms with E-state index in [4.69, 9.17) is 11.6 Å². The number of H-pyrrole nitrogens is 1. The molecule has 1 aliphatic rings. The van der Waals surface area contributed by atoms with E-state index in [-0.39, 0.29) is 35.0 Å². The molecule has 0 aliphatic carbocycles. The first-order chi connectivity index (χ1) is 15.0. The van der Waals surface area contributed by atoms with Crippen LogP contribution < -0.4 is 5.56 Å². The first-order valence-corrected chi connectivity index (χ1v) is 10.3. The van der Waals surface area contributed by atoms with Crippen molar-refractivity contribution in [3.05, 3.63) is 92.6 Å². The van der Waals surface area contributed by atoms with Crippen LogP contribution in [-0.4, -0.2) is 31.9 Å². The Bertz CT molecular complexity index is 1340. The molecule has 156 valence electrons. The maximum atomic E-state index is 14.1. The van der Waals surface area contributed by atoms with E-state index in [1.807, 2.05) is 36.4 Å². The fourth-order valence-corrected chi connectivity index (χ4v) is 4.17. The van der Waals surface area contributed by atoms with E-state index in [1.165, 1.54) is 16.6 Å². The highest BCUT2D eigenvalue weighted by Gasteiger charge is 2.26. The Labute approximate surface area is 181 Å². The van der Waals surface area contributed by atoms with Crippen molar-refractivity contribution >= 4 is 23.2 Å². The Kier molecular flexibility index (Phi) is 4.82. The molecule has 1 N–H and O–H groups in total. The summed E-state index contributed by atoms with van der Waals surface area (Å²) in [5.74, 6) is -0.754. The van der Waals surface area contributed by atoms with E-state index in [9.17, 15) is 14.0 Å². The summed E-state index contributed by atoms with van der Waals surface area (Å²) in [6, 6.07) is 15.8. The number of rotatable bonds is 3. The summed E-state index contributed by atoms with van der Waals surface area (Å²) in [7, 11) is 0. The largest absolute Gasteiger partial charge is 0.336 e. The Morgan fingerprint density at radius 1 is 1.16 bits per heavy atom. The number of hydrogen-bond acceptors (Lipinski definition) is 3. The maximum absolute atomic E-state index is 14.1. The van der Waals surface area contributed by atoms with Crippen molar-refractivity contribution in [2.24, 2.45) is 0 Å². The SMILES string of the molecule is O=C(Cc1c(F)cccc1Cl)N1CCc2c(nc3cc(-c4ccccc4)[nH]n3c2=O)C1. The third-order valence-electron chi connectivity index (χ3n) is 5.59. The second kappa shape index (κ2) is 7.67. The molecule has 31 heavy (non-hydrogen) atoms. The number of aromatic nitrogens is 3. The van der Waals surface area contributed by atoms with E-state index >= 15 is 0 Å². The lowest BCUT2D eigenvalue weighted by atomic mass is 10.0. The fourth-order valence-electron chi connectivity index (χ4n) is 3.94. The first kappa shape index (κ1) is 19.5. The standard InChI is InChI=1S/C23H18ClFN4O2/c24-17-7-4-8-18(25)16(17)11-22(30)28-10-9-15-20(13-28)26-21-12-19(27-29(21)23(15)31)14-5-2-1-3-6-14/h1-8,12,27H,9-11,13H2. The highest BCUT2D eigenvalue weighted by molar-refractivity contribution is 6.31. The molecule has 0 spiro atoms. The van der Waals surface area contributed by atoms with Gasteiger partial charge in [0.25, 0.3) is 5.56 Å². The number of fused-ring (bicyclic) bond motifs is 2. The number of amides is 1. The molecule has 0 saturated carbocycles. The summed E-state index contributed by atoms with van der Waals surface area (Å²) in [6.07, 6.45) is 0.255. The number of aromatic amines is 1. The van der Waals surface area contributed by atoms with Crippen molar-refractivity contribution in [2.75, 3.05) is 6.54 Å². The fraction of sp³-hybridized carbons (Fsp3) is 0.174. The summed E-state index contributed by atoms with van der Waals surface area (Å²) < 4.78 is 15.5. The van der Waals surface area contributed by atoms with Crippen molar-refractivity contribution in [3.63, 3.8) is 0 Å². The van der Waals surface area contributed by atoms with E-state index in [2.05, 4.69) is 10.1 Å². The third kappa shape index (κ3) is 3.51. The van der Waals surface area contributed by atoms with Gasteiger partial charge in [0, 0.05) is 28.8 Å². The van der Waals surface area contributed by atoms with E-state index in [1.54, 1.807) is 11.0 Å². The van der Waals surface area contributed by atoms with Crippen molar-refractivity contribution in [2.45, 2.75) is 19.4 Å². The summed E-state index contributed by atoms with van der Waals surface area (Å²) in [4.78, 5) is 32.0. The molecule has 0 fully saturated rings. The summed E-state index contributed by atoms with van der Waals surface area (Å²) in [5, 5.41) is 3.34. The number of nitrogens with zero attached hydrogens (tertiary/aromatic N) is 3. The number of halogens is 2. The van der Waals surface area contributed by atoms with E-state index in [0.717, 1.165) is 11.3 Å². The molecule has 1 amide bonds. The van der Waals surface area contributed by atoms with Gasteiger partial charge in [-0.05, 0) is 24.1 Å². The highest BCUT2D eigenvalue weighted by Crippen LogP contribution is 2.23. The molecule has 0 saturated heterocycles. The van der Waals surface area contributed by atoms with Crippen molar-refractivity contribution in [3.8, 4) is 11.3 Å². The quantitative estimate of drug-likeness (QED) is 0.533. The first-order valence-electron chi connectivity index (χ1n) is 9.91. The van der Waals surface area contributed by atoms with Gasteiger partial charge in [-0.25, -0.2) is 13.9 Å². The zero-order valence-corrected chi connectivity index (χ0v) is 17.2.